The van der Waals surface area contributed by atoms with E-state index >= 15 is 0 Å². The largest absolute Gasteiger partial charge is 0.384 e. The van der Waals surface area contributed by atoms with Gasteiger partial charge < -0.3 is 15.2 Å². The van der Waals surface area contributed by atoms with E-state index in [1.54, 1.807) is 6.08 Å². The van der Waals surface area contributed by atoms with Crippen molar-refractivity contribution in [3.63, 3.8) is 0 Å². The van der Waals surface area contributed by atoms with Gasteiger partial charge in [0.25, 0.3) is 0 Å². The molecule has 0 aliphatic heterocycles. The maximum Gasteiger partial charge on any atom is 0.222 e. The Morgan fingerprint density at radius 2 is 0.780 bits per heavy atom. The van der Waals surface area contributed by atoms with Gasteiger partial charge in [-0.3, -0.25) is 4.79 Å². The topological polar surface area (TPSA) is 58.6 Å². The van der Waals surface area contributed by atoms with Gasteiger partial charge in [0.1, 0.15) is 6.10 Å². The van der Waals surface area contributed by atoms with Crippen LogP contribution in [0.4, 0.5) is 0 Å². The van der Waals surface area contributed by atoms with Crippen LogP contribution in [0.25, 0.3) is 0 Å². The van der Waals surface area contributed by atoms with E-state index in [1.165, 1.54) is 193 Å². The molecule has 50 heavy (non-hydrogen) atoms. The van der Waals surface area contributed by atoms with Gasteiger partial charge in [0.2, 0.25) is 5.91 Å². The molecule has 0 bridgehead atoms. The van der Waals surface area contributed by atoms with Crippen LogP contribution in [0.15, 0.2) is 12.2 Å². The van der Waals surface area contributed by atoms with Gasteiger partial charge in [0, 0.05) is 13.5 Å². The van der Waals surface area contributed by atoms with Gasteiger partial charge >= 0.3 is 0 Å². The third-order valence-electron chi connectivity index (χ3n) is 9.64. The summed E-state index contributed by atoms with van der Waals surface area (Å²) in [5.41, 5.74) is 0. The van der Waals surface area contributed by atoms with Gasteiger partial charge in [-0.25, -0.2) is 0 Å². The van der Waals surface area contributed by atoms with Gasteiger partial charge in [0.15, 0.2) is 6.23 Å². The molecule has 4 heteroatoms. The molecule has 0 aliphatic rings. The smallest absolute Gasteiger partial charge is 0.222 e. The zero-order valence-corrected chi connectivity index (χ0v) is 35.6. The predicted molar refractivity (Wildman–Crippen MR) is 225 cm³/mol. The molecule has 0 saturated carbocycles. The van der Waals surface area contributed by atoms with E-state index in [0.29, 0.717) is 6.42 Å². The standard InChI is InChI=1S/C34H67NO3.C8H18.C4H10/c1-4-6-8-10-12-14-16-17-18-19-21-22-24-26-28-30-32(36)34(38-3)35-33(37)31-29-27-25-23-20-15-13-11-9-7-5-2;1-3-5-7-8-6-4-2;1-3-4-2/h28,30,32,34,36H,4-27,29,31H2,1-3H3,(H,35,37);3-8H2,1-2H3;3-4H2,1-2H3/b30-28-;;/t32-,34-;;/m0../s1. The Kier molecular flexibility index (Phi) is 53.7. The summed E-state index contributed by atoms with van der Waals surface area (Å²) in [5, 5.41) is 13.2. The quantitative estimate of drug-likeness (QED) is 0.0387. The number of carbonyl (C=O) groups excluding carboxylic acids is 1. The van der Waals surface area contributed by atoms with Gasteiger partial charge in [-0.05, 0) is 19.3 Å². The molecule has 0 radical (unpaired) electrons. The molecule has 0 aromatic rings. The van der Waals surface area contributed by atoms with E-state index in [0.717, 1.165) is 25.7 Å². The minimum Gasteiger partial charge on any atom is -0.384 e. The fourth-order valence-electron chi connectivity index (χ4n) is 5.93. The first-order chi connectivity index (χ1) is 24.5. The van der Waals surface area contributed by atoms with E-state index < -0.39 is 12.3 Å². The average molecular weight is 710 g/mol. The molecular formula is C46H95NO3. The lowest BCUT2D eigenvalue weighted by Crippen LogP contribution is -2.43. The van der Waals surface area contributed by atoms with Gasteiger partial charge in [-0.2, -0.15) is 0 Å². The average Bonchev–Trinajstić information content (AvgIpc) is 3.13. The molecule has 0 saturated heterocycles. The normalized spacial score (nSPS) is 12.2. The van der Waals surface area contributed by atoms with Crippen LogP contribution < -0.4 is 5.32 Å². The number of carbonyl (C=O) groups is 1. The van der Waals surface area contributed by atoms with E-state index in [4.69, 9.17) is 4.74 Å². The summed E-state index contributed by atoms with van der Waals surface area (Å²) >= 11 is 0. The Morgan fingerprint density at radius 1 is 0.480 bits per heavy atom. The molecule has 2 N–H and O–H groups in total. The first kappa shape index (κ1) is 53.5. The van der Waals surface area contributed by atoms with Crippen LogP contribution in [-0.2, 0) is 9.53 Å². The monoisotopic (exact) mass is 710 g/mol. The van der Waals surface area contributed by atoms with Crippen LogP contribution in [0.1, 0.15) is 260 Å². The van der Waals surface area contributed by atoms with Gasteiger partial charge in [0.05, 0.1) is 0 Å². The van der Waals surface area contributed by atoms with Crippen molar-refractivity contribution in [2.24, 2.45) is 0 Å². The van der Waals surface area contributed by atoms with Crippen molar-refractivity contribution >= 4 is 5.91 Å². The molecule has 0 aliphatic carbocycles. The molecule has 0 spiro atoms. The summed E-state index contributed by atoms with van der Waals surface area (Å²) in [6, 6.07) is 0. The van der Waals surface area contributed by atoms with Crippen molar-refractivity contribution < 1.29 is 14.6 Å². The van der Waals surface area contributed by atoms with Gasteiger partial charge in [-0.15, -0.1) is 0 Å². The highest BCUT2D eigenvalue weighted by Crippen LogP contribution is 2.14. The fourth-order valence-corrected chi connectivity index (χ4v) is 5.93. The summed E-state index contributed by atoms with van der Waals surface area (Å²) in [4.78, 5) is 12.3. The van der Waals surface area contributed by atoms with Gasteiger partial charge in [-0.1, -0.05) is 246 Å². The van der Waals surface area contributed by atoms with Crippen molar-refractivity contribution in [2.45, 2.75) is 272 Å². The lowest BCUT2D eigenvalue weighted by atomic mass is 10.0. The van der Waals surface area contributed by atoms with E-state index in [1.807, 2.05) is 6.08 Å². The first-order valence-electron chi connectivity index (χ1n) is 22.6. The van der Waals surface area contributed by atoms with E-state index in [-0.39, 0.29) is 5.91 Å². The minimum atomic E-state index is -0.803. The highest BCUT2D eigenvalue weighted by molar-refractivity contribution is 5.76. The second kappa shape index (κ2) is 50.2. The number of methoxy groups -OCH3 is 1. The number of amides is 1. The molecular weight excluding hydrogens is 615 g/mol. The lowest BCUT2D eigenvalue weighted by molar-refractivity contribution is -0.127. The van der Waals surface area contributed by atoms with Crippen LogP contribution >= 0.6 is 0 Å². The second-order valence-electron chi connectivity index (χ2n) is 14.9. The fraction of sp³-hybridized carbons (Fsp3) is 0.935. The minimum absolute atomic E-state index is 0.0308. The van der Waals surface area contributed by atoms with Crippen LogP contribution in [0.2, 0.25) is 0 Å². The van der Waals surface area contributed by atoms with E-state index in [2.05, 4.69) is 46.9 Å². The van der Waals surface area contributed by atoms with Crippen molar-refractivity contribution in [1.29, 1.82) is 0 Å². The zero-order valence-electron chi connectivity index (χ0n) is 35.6. The Morgan fingerprint density at radius 3 is 1.08 bits per heavy atom. The number of allylic oxidation sites excluding steroid dienone is 1. The first-order valence-corrected chi connectivity index (χ1v) is 22.6. The van der Waals surface area contributed by atoms with Crippen LogP contribution in [0.3, 0.4) is 0 Å². The highest BCUT2D eigenvalue weighted by Gasteiger charge is 2.18. The summed E-state index contributed by atoms with van der Waals surface area (Å²) in [5.74, 6) is -0.0308. The van der Waals surface area contributed by atoms with Crippen LogP contribution in [0, 0.1) is 0 Å². The molecule has 4 nitrogen and oxygen atoms in total. The Labute approximate surface area is 316 Å². The van der Waals surface area contributed by atoms with Crippen molar-refractivity contribution in [3.8, 4) is 0 Å². The molecule has 2 atom stereocenters. The Balaban J connectivity index is -0.00000156. The number of aliphatic hydroxyl groups excluding tert-OH is 1. The van der Waals surface area contributed by atoms with E-state index in [9.17, 15) is 9.90 Å². The molecule has 0 fully saturated rings. The number of rotatable bonds is 36. The predicted octanol–water partition coefficient (Wildman–Crippen LogP) is 15.3. The summed E-state index contributed by atoms with van der Waals surface area (Å²) in [6.45, 7) is 13.4. The zero-order chi connectivity index (χ0) is 37.6. The molecule has 0 aromatic carbocycles. The maximum atomic E-state index is 12.3. The summed E-state index contributed by atoms with van der Waals surface area (Å²) in [6.07, 6.45) is 46.6. The second-order valence-corrected chi connectivity index (χ2v) is 14.9. The molecule has 0 aromatic heterocycles. The van der Waals surface area contributed by atoms with Crippen LogP contribution in [0.5, 0.6) is 0 Å². The molecule has 1 amide bonds. The lowest BCUT2D eigenvalue weighted by Gasteiger charge is -2.20. The summed E-state index contributed by atoms with van der Waals surface area (Å²) in [7, 11) is 1.54. The molecule has 0 rings (SSSR count). The number of aliphatic hydroxyl groups is 1. The third-order valence-corrected chi connectivity index (χ3v) is 9.64. The number of hydrogen-bond donors (Lipinski definition) is 2. The number of hydrogen-bond acceptors (Lipinski definition) is 3. The van der Waals surface area contributed by atoms with Crippen LogP contribution in [-0.4, -0.2) is 30.5 Å². The summed E-state index contributed by atoms with van der Waals surface area (Å²) < 4.78 is 5.33. The number of unbranched alkanes of at least 4 members (excludes halogenated alkanes) is 29. The van der Waals surface area contributed by atoms with Crippen molar-refractivity contribution in [1.82, 2.24) is 5.32 Å². The Hall–Kier alpha value is -0.870. The van der Waals surface area contributed by atoms with Crippen molar-refractivity contribution in [3.05, 3.63) is 12.2 Å². The number of nitrogens with one attached hydrogen (secondary N) is 1. The van der Waals surface area contributed by atoms with Crippen molar-refractivity contribution in [2.75, 3.05) is 7.11 Å². The molecule has 0 heterocycles. The molecule has 0 unspecified atom stereocenters. The highest BCUT2D eigenvalue weighted by atomic mass is 16.5. The Bertz CT molecular complexity index is 615. The number of ether oxygens (including phenoxy) is 1. The SMILES string of the molecule is CCCC.CCCCCCCC.CCCCCCCCCCCCCCC/C=C\[C@H](O)[C@@H](NC(=O)CCCCCCCCCCCCC)OC. The maximum absolute atomic E-state index is 12.3. The molecule has 302 valence electrons. The third kappa shape index (κ3) is 49.2.